The number of hydrogen-bond donors (Lipinski definition) is 1. The summed E-state index contributed by atoms with van der Waals surface area (Å²) in [4.78, 5) is 0. The molecule has 2 rings (SSSR count). The lowest BCUT2D eigenvalue weighted by Crippen LogP contribution is -2.43. The molecule has 1 aliphatic heterocycles. The molecule has 0 bridgehead atoms. The third kappa shape index (κ3) is 2.53. The first-order chi connectivity index (χ1) is 5.67. The highest BCUT2D eigenvalue weighted by Crippen LogP contribution is 2.47. The molecule has 0 aromatic heterocycles. The molecule has 0 aromatic rings. The van der Waals surface area contributed by atoms with Crippen molar-refractivity contribution < 1.29 is 8.78 Å². The van der Waals surface area contributed by atoms with Gasteiger partial charge >= 0.3 is 0 Å². The number of piperidine rings is 1. The number of rotatable bonds is 1. The zero-order valence-electron chi connectivity index (χ0n) is 7.56. The molecule has 78 valence electrons. The summed E-state index contributed by atoms with van der Waals surface area (Å²) in [5.74, 6) is -1.43. The van der Waals surface area contributed by atoms with Crippen molar-refractivity contribution in [2.24, 2.45) is 11.8 Å². The second kappa shape index (κ2) is 4.09. The molecule has 0 atom stereocenters. The summed E-state index contributed by atoms with van der Waals surface area (Å²) in [6.07, 6.45) is 2.50. The Kier molecular flexibility index (Phi) is 3.52. The van der Waals surface area contributed by atoms with Gasteiger partial charge in [-0.05, 0) is 37.8 Å². The predicted molar refractivity (Wildman–Crippen MR) is 50.5 cm³/mol. The Morgan fingerprint density at radius 2 is 1.54 bits per heavy atom. The van der Waals surface area contributed by atoms with Crippen LogP contribution in [0.5, 0.6) is 0 Å². The van der Waals surface area contributed by atoms with Crippen LogP contribution in [0.3, 0.4) is 0 Å². The lowest BCUT2D eigenvalue weighted by Gasteiger charge is -2.41. The van der Waals surface area contributed by atoms with E-state index in [-0.39, 0.29) is 25.2 Å². The van der Waals surface area contributed by atoms with E-state index < -0.39 is 5.92 Å². The Balaban J connectivity index is 0.000000845. The number of nitrogens with one attached hydrogen (secondary N) is 1. The van der Waals surface area contributed by atoms with Gasteiger partial charge in [-0.15, -0.1) is 12.4 Å². The monoisotopic (exact) mass is 211 g/mol. The van der Waals surface area contributed by atoms with E-state index >= 15 is 0 Å². The zero-order chi connectivity index (χ0) is 8.60. The molecule has 2 aliphatic rings. The van der Waals surface area contributed by atoms with Crippen LogP contribution in [-0.4, -0.2) is 19.0 Å². The van der Waals surface area contributed by atoms with Crippen LogP contribution in [0.15, 0.2) is 0 Å². The third-order valence-corrected chi connectivity index (χ3v) is 3.17. The van der Waals surface area contributed by atoms with E-state index in [9.17, 15) is 8.78 Å². The van der Waals surface area contributed by atoms with Crippen molar-refractivity contribution in [1.29, 1.82) is 0 Å². The molecule has 1 nitrogen and oxygen atoms in total. The van der Waals surface area contributed by atoms with Gasteiger partial charge < -0.3 is 5.32 Å². The van der Waals surface area contributed by atoms with Crippen LogP contribution in [-0.2, 0) is 0 Å². The lowest BCUT2D eigenvalue weighted by atomic mass is 9.70. The quantitative estimate of drug-likeness (QED) is 0.703. The van der Waals surface area contributed by atoms with Crippen LogP contribution in [0, 0.1) is 11.8 Å². The smallest absolute Gasteiger partial charge is 0.248 e. The molecule has 1 aliphatic carbocycles. The van der Waals surface area contributed by atoms with E-state index in [0.717, 1.165) is 25.9 Å². The van der Waals surface area contributed by atoms with Crippen molar-refractivity contribution in [2.45, 2.75) is 31.6 Å². The molecule has 1 saturated carbocycles. The van der Waals surface area contributed by atoms with Crippen LogP contribution in [0.4, 0.5) is 8.78 Å². The van der Waals surface area contributed by atoms with E-state index in [2.05, 4.69) is 5.32 Å². The van der Waals surface area contributed by atoms with E-state index in [0.29, 0.717) is 11.8 Å². The minimum Gasteiger partial charge on any atom is -0.317 e. The first-order valence-electron chi connectivity index (χ1n) is 4.76. The normalized spacial score (nSPS) is 29.1. The van der Waals surface area contributed by atoms with Crippen LogP contribution >= 0.6 is 12.4 Å². The molecule has 13 heavy (non-hydrogen) atoms. The minimum atomic E-state index is -2.32. The zero-order valence-corrected chi connectivity index (χ0v) is 8.38. The molecular weight excluding hydrogens is 196 g/mol. The first-order valence-corrected chi connectivity index (χ1v) is 4.76. The van der Waals surface area contributed by atoms with Crippen LogP contribution in [0.1, 0.15) is 25.7 Å². The van der Waals surface area contributed by atoms with Gasteiger partial charge in [0.25, 0.3) is 0 Å². The Bertz CT molecular complexity index is 161. The van der Waals surface area contributed by atoms with Gasteiger partial charge in [-0.3, -0.25) is 0 Å². The number of halogens is 3. The fraction of sp³-hybridized carbons (Fsp3) is 1.00. The molecule has 2 fully saturated rings. The van der Waals surface area contributed by atoms with E-state index in [1.807, 2.05) is 0 Å². The molecular formula is C9H16ClF2N. The third-order valence-electron chi connectivity index (χ3n) is 3.17. The second-order valence-corrected chi connectivity index (χ2v) is 4.11. The Labute approximate surface area is 83.7 Å². The fourth-order valence-electron chi connectivity index (χ4n) is 2.36. The topological polar surface area (TPSA) is 12.0 Å². The summed E-state index contributed by atoms with van der Waals surface area (Å²) < 4.78 is 25.1. The molecule has 1 N–H and O–H groups in total. The molecule has 0 aromatic carbocycles. The average molecular weight is 212 g/mol. The molecule has 0 amide bonds. The highest BCUT2D eigenvalue weighted by atomic mass is 35.5. The Hall–Kier alpha value is 0.110. The van der Waals surface area contributed by atoms with Crippen molar-refractivity contribution in [3.8, 4) is 0 Å². The predicted octanol–water partition coefficient (Wildman–Crippen LogP) is 2.45. The Morgan fingerprint density at radius 1 is 1.00 bits per heavy atom. The van der Waals surface area contributed by atoms with Gasteiger partial charge in [0, 0.05) is 12.8 Å². The summed E-state index contributed by atoms with van der Waals surface area (Å²) in [5.41, 5.74) is 0. The minimum absolute atomic E-state index is 0. The van der Waals surface area contributed by atoms with Crippen molar-refractivity contribution in [3.05, 3.63) is 0 Å². The van der Waals surface area contributed by atoms with Crippen molar-refractivity contribution in [3.63, 3.8) is 0 Å². The van der Waals surface area contributed by atoms with Crippen molar-refractivity contribution in [1.82, 2.24) is 5.32 Å². The van der Waals surface area contributed by atoms with Gasteiger partial charge in [0.2, 0.25) is 5.92 Å². The maximum atomic E-state index is 12.5. The molecule has 4 heteroatoms. The summed E-state index contributed by atoms with van der Waals surface area (Å²) in [7, 11) is 0. The highest BCUT2D eigenvalue weighted by Gasteiger charge is 2.48. The molecule has 1 saturated heterocycles. The standard InChI is InChI=1S/C9H15F2N.ClH/c10-9(11)5-8(6-9)7-1-3-12-4-2-7;/h7-8,12H,1-6H2;1H. The Morgan fingerprint density at radius 3 is 2.00 bits per heavy atom. The van der Waals surface area contributed by atoms with Crippen molar-refractivity contribution >= 4 is 12.4 Å². The summed E-state index contributed by atoms with van der Waals surface area (Å²) in [6.45, 7) is 2.04. The van der Waals surface area contributed by atoms with Gasteiger partial charge in [-0.2, -0.15) is 0 Å². The molecule has 0 radical (unpaired) electrons. The number of alkyl halides is 2. The van der Waals surface area contributed by atoms with Crippen LogP contribution in [0.2, 0.25) is 0 Å². The van der Waals surface area contributed by atoms with Gasteiger partial charge in [-0.1, -0.05) is 0 Å². The summed E-state index contributed by atoms with van der Waals surface area (Å²) in [5, 5.41) is 3.25. The summed E-state index contributed by atoms with van der Waals surface area (Å²) in [6, 6.07) is 0. The highest BCUT2D eigenvalue weighted by molar-refractivity contribution is 5.85. The van der Waals surface area contributed by atoms with E-state index in [4.69, 9.17) is 0 Å². The van der Waals surface area contributed by atoms with Gasteiger partial charge in [-0.25, -0.2) is 8.78 Å². The first kappa shape index (κ1) is 11.2. The SMILES string of the molecule is Cl.FC1(F)CC(C2CCNCC2)C1. The molecule has 0 spiro atoms. The fourth-order valence-corrected chi connectivity index (χ4v) is 2.36. The molecule has 1 heterocycles. The van der Waals surface area contributed by atoms with Crippen LogP contribution in [0.25, 0.3) is 0 Å². The summed E-state index contributed by atoms with van der Waals surface area (Å²) >= 11 is 0. The van der Waals surface area contributed by atoms with E-state index in [1.54, 1.807) is 0 Å². The van der Waals surface area contributed by atoms with Crippen molar-refractivity contribution in [2.75, 3.05) is 13.1 Å². The van der Waals surface area contributed by atoms with Gasteiger partial charge in [0.05, 0.1) is 0 Å². The van der Waals surface area contributed by atoms with Gasteiger partial charge in [0.1, 0.15) is 0 Å². The van der Waals surface area contributed by atoms with Crippen LogP contribution < -0.4 is 5.32 Å². The largest absolute Gasteiger partial charge is 0.317 e. The molecule has 0 unspecified atom stereocenters. The number of hydrogen-bond acceptors (Lipinski definition) is 1. The average Bonchev–Trinajstić information content (AvgIpc) is 2.02. The maximum Gasteiger partial charge on any atom is 0.248 e. The van der Waals surface area contributed by atoms with E-state index in [1.165, 1.54) is 0 Å². The van der Waals surface area contributed by atoms with Gasteiger partial charge in [0.15, 0.2) is 0 Å². The second-order valence-electron chi connectivity index (χ2n) is 4.11. The maximum absolute atomic E-state index is 12.5. The lowest BCUT2D eigenvalue weighted by molar-refractivity contribution is -0.128.